The number of hydrogen-bond acceptors (Lipinski definition) is 3. The van der Waals surface area contributed by atoms with Gasteiger partial charge in [0.2, 0.25) is 0 Å². The van der Waals surface area contributed by atoms with Crippen LogP contribution < -0.4 is 5.32 Å². The van der Waals surface area contributed by atoms with Crippen molar-refractivity contribution in [2.24, 2.45) is 4.99 Å². The molecule has 0 unspecified atom stereocenters. The minimum Gasteiger partial charge on any atom is -0.385 e. The average molecular weight is 521 g/mol. The molecule has 1 saturated heterocycles. The lowest BCUT2D eigenvalue weighted by atomic mass is 9.84. The van der Waals surface area contributed by atoms with Crippen molar-refractivity contribution < 1.29 is 13.9 Å². The highest BCUT2D eigenvalue weighted by molar-refractivity contribution is 14.0. The number of benzene rings is 1. The summed E-state index contributed by atoms with van der Waals surface area (Å²) in [5.41, 5.74) is 0.340. The molecule has 0 amide bonds. The lowest BCUT2D eigenvalue weighted by Gasteiger charge is -2.35. The molecule has 1 N–H and O–H groups in total. The van der Waals surface area contributed by atoms with Crippen LogP contribution in [0.3, 0.4) is 0 Å². The van der Waals surface area contributed by atoms with Gasteiger partial charge in [-0.2, -0.15) is 0 Å². The molecule has 29 heavy (non-hydrogen) atoms. The first kappa shape index (κ1) is 26.1. The third-order valence-electron chi connectivity index (χ3n) is 5.15. The fourth-order valence-corrected chi connectivity index (χ4v) is 3.48. The molecule has 0 spiro atoms. The minimum atomic E-state index is -0.366. The normalized spacial score (nSPS) is 15.9. The van der Waals surface area contributed by atoms with Crippen molar-refractivity contribution in [3.63, 3.8) is 0 Å². The van der Waals surface area contributed by atoms with Gasteiger partial charge in [-0.1, -0.05) is 32.0 Å². The maximum atomic E-state index is 14.2. The number of nitrogens with one attached hydrogen (secondary N) is 1. The van der Waals surface area contributed by atoms with Crippen LogP contribution >= 0.6 is 24.0 Å². The SMILES string of the molecule is CCNC(=NCC(C)(C)c1ccccc1F)N1CCC(OCCCOC)CC1.I. The highest BCUT2D eigenvalue weighted by atomic mass is 127. The Balaban J connectivity index is 0.00000420. The van der Waals surface area contributed by atoms with E-state index < -0.39 is 0 Å². The molecule has 1 heterocycles. The van der Waals surface area contributed by atoms with E-state index in [9.17, 15) is 4.39 Å². The Morgan fingerprint density at radius 2 is 1.93 bits per heavy atom. The molecular formula is C22H37FIN3O2. The summed E-state index contributed by atoms with van der Waals surface area (Å²) in [6, 6.07) is 6.98. The number of ether oxygens (including phenoxy) is 2. The number of rotatable bonds is 9. The molecule has 7 heteroatoms. The van der Waals surface area contributed by atoms with Gasteiger partial charge in [-0.05, 0) is 37.8 Å². The average Bonchev–Trinajstić information content (AvgIpc) is 2.69. The second kappa shape index (κ2) is 13.4. The molecular weight excluding hydrogens is 484 g/mol. The van der Waals surface area contributed by atoms with Crippen LogP contribution in [0.25, 0.3) is 0 Å². The van der Waals surface area contributed by atoms with Crippen LogP contribution in [0.15, 0.2) is 29.3 Å². The van der Waals surface area contributed by atoms with Crippen LogP contribution in [0.5, 0.6) is 0 Å². The summed E-state index contributed by atoms with van der Waals surface area (Å²) >= 11 is 0. The molecule has 5 nitrogen and oxygen atoms in total. The van der Waals surface area contributed by atoms with E-state index in [-0.39, 0.29) is 35.2 Å². The summed E-state index contributed by atoms with van der Waals surface area (Å²) in [6.07, 6.45) is 3.24. The summed E-state index contributed by atoms with van der Waals surface area (Å²) in [4.78, 5) is 7.13. The van der Waals surface area contributed by atoms with Gasteiger partial charge in [0.05, 0.1) is 12.6 Å². The summed E-state index contributed by atoms with van der Waals surface area (Å²) in [6.45, 7) is 10.8. The van der Waals surface area contributed by atoms with E-state index in [2.05, 4.69) is 17.1 Å². The van der Waals surface area contributed by atoms with E-state index in [4.69, 9.17) is 14.5 Å². The predicted molar refractivity (Wildman–Crippen MR) is 128 cm³/mol. The molecule has 1 aliphatic rings. The number of nitrogens with zero attached hydrogens (tertiary/aromatic N) is 2. The molecule has 1 aromatic rings. The third kappa shape index (κ3) is 8.38. The summed E-state index contributed by atoms with van der Waals surface area (Å²) in [5, 5.41) is 3.39. The van der Waals surface area contributed by atoms with Crippen molar-refractivity contribution in [3.05, 3.63) is 35.6 Å². The van der Waals surface area contributed by atoms with Gasteiger partial charge in [0, 0.05) is 45.4 Å². The molecule has 0 radical (unpaired) electrons. The predicted octanol–water partition coefficient (Wildman–Crippen LogP) is 4.20. The minimum absolute atomic E-state index is 0. The van der Waals surface area contributed by atoms with Gasteiger partial charge in [-0.3, -0.25) is 4.99 Å². The van der Waals surface area contributed by atoms with Crippen molar-refractivity contribution in [1.29, 1.82) is 0 Å². The number of aliphatic imine (C=N–C) groups is 1. The molecule has 0 bridgehead atoms. The largest absolute Gasteiger partial charge is 0.385 e. The van der Waals surface area contributed by atoms with Gasteiger partial charge in [-0.15, -0.1) is 24.0 Å². The Hall–Kier alpha value is -0.930. The van der Waals surface area contributed by atoms with Crippen LogP contribution in [-0.2, 0) is 14.9 Å². The van der Waals surface area contributed by atoms with Crippen LogP contribution in [0.4, 0.5) is 4.39 Å². The number of guanidine groups is 1. The van der Waals surface area contributed by atoms with Gasteiger partial charge in [0.25, 0.3) is 0 Å². The number of halogens is 2. The fraction of sp³-hybridized carbons (Fsp3) is 0.682. The Kier molecular flexibility index (Phi) is 12.1. The van der Waals surface area contributed by atoms with Crippen molar-refractivity contribution >= 4 is 29.9 Å². The first-order valence-electron chi connectivity index (χ1n) is 10.4. The number of methoxy groups -OCH3 is 1. The Labute approximate surface area is 192 Å². The van der Waals surface area contributed by atoms with Gasteiger partial charge in [-0.25, -0.2) is 4.39 Å². The maximum Gasteiger partial charge on any atom is 0.193 e. The zero-order valence-electron chi connectivity index (χ0n) is 18.2. The molecule has 1 aromatic carbocycles. The van der Waals surface area contributed by atoms with Crippen LogP contribution in [0.1, 0.15) is 45.6 Å². The highest BCUT2D eigenvalue weighted by Crippen LogP contribution is 2.26. The Bertz CT molecular complexity index is 620. The van der Waals surface area contributed by atoms with Crippen molar-refractivity contribution in [1.82, 2.24) is 10.2 Å². The summed E-state index contributed by atoms with van der Waals surface area (Å²) in [5.74, 6) is 0.740. The second-order valence-electron chi connectivity index (χ2n) is 7.94. The fourth-order valence-electron chi connectivity index (χ4n) is 3.48. The summed E-state index contributed by atoms with van der Waals surface area (Å²) < 4.78 is 25.2. The molecule has 0 aliphatic carbocycles. The van der Waals surface area contributed by atoms with Gasteiger partial charge in [0.15, 0.2) is 5.96 Å². The Morgan fingerprint density at radius 1 is 1.24 bits per heavy atom. The zero-order chi connectivity index (χ0) is 20.4. The standard InChI is InChI=1S/C22H36FN3O2.HI/c1-5-24-21(25-17-22(2,3)19-9-6-7-10-20(19)23)26-13-11-18(12-14-26)28-16-8-15-27-4;/h6-7,9-10,18H,5,8,11-17H2,1-4H3,(H,24,25);1H. The monoisotopic (exact) mass is 521 g/mol. The number of likely N-dealkylation sites (tertiary alicyclic amines) is 1. The zero-order valence-corrected chi connectivity index (χ0v) is 20.6. The van der Waals surface area contributed by atoms with E-state index >= 15 is 0 Å². The number of hydrogen-bond donors (Lipinski definition) is 1. The van der Waals surface area contributed by atoms with Gasteiger partial charge in [0.1, 0.15) is 5.82 Å². The lowest BCUT2D eigenvalue weighted by molar-refractivity contribution is 0.00989. The molecule has 0 aromatic heterocycles. The van der Waals surface area contributed by atoms with Crippen LogP contribution in [0.2, 0.25) is 0 Å². The third-order valence-corrected chi connectivity index (χ3v) is 5.15. The smallest absolute Gasteiger partial charge is 0.193 e. The second-order valence-corrected chi connectivity index (χ2v) is 7.94. The van der Waals surface area contributed by atoms with Crippen LogP contribution in [-0.4, -0.2) is 63.5 Å². The molecule has 166 valence electrons. The molecule has 0 saturated carbocycles. The lowest BCUT2D eigenvalue weighted by Crippen LogP contribution is -2.47. The van der Waals surface area contributed by atoms with E-state index in [0.29, 0.717) is 18.2 Å². The van der Waals surface area contributed by atoms with E-state index in [1.54, 1.807) is 13.2 Å². The summed E-state index contributed by atoms with van der Waals surface area (Å²) in [7, 11) is 1.72. The number of piperidine rings is 1. The van der Waals surface area contributed by atoms with E-state index in [1.807, 2.05) is 26.0 Å². The molecule has 1 aliphatic heterocycles. The molecule has 0 atom stereocenters. The Morgan fingerprint density at radius 3 is 2.55 bits per heavy atom. The van der Waals surface area contributed by atoms with Gasteiger partial charge < -0.3 is 19.7 Å². The van der Waals surface area contributed by atoms with Gasteiger partial charge >= 0.3 is 0 Å². The first-order valence-corrected chi connectivity index (χ1v) is 10.4. The molecule has 2 rings (SSSR count). The van der Waals surface area contributed by atoms with Crippen molar-refractivity contribution in [2.75, 3.05) is 46.5 Å². The topological polar surface area (TPSA) is 46.1 Å². The van der Waals surface area contributed by atoms with Crippen molar-refractivity contribution in [3.8, 4) is 0 Å². The maximum absolute atomic E-state index is 14.2. The van der Waals surface area contributed by atoms with E-state index in [1.165, 1.54) is 6.07 Å². The first-order chi connectivity index (χ1) is 13.5. The van der Waals surface area contributed by atoms with E-state index in [0.717, 1.165) is 58.1 Å². The van der Waals surface area contributed by atoms with Crippen LogP contribution in [0, 0.1) is 5.82 Å². The quantitative estimate of drug-likeness (QED) is 0.229. The van der Waals surface area contributed by atoms with Crippen molar-refractivity contribution in [2.45, 2.75) is 51.6 Å². The highest BCUT2D eigenvalue weighted by Gasteiger charge is 2.26. The molecule has 1 fully saturated rings.